The molecule has 42 heavy (non-hydrogen) atoms. The van der Waals surface area contributed by atoms with Gasteiger partial charge in [-0.2, -0.15) is 0 Å². The lowest BCUT2D eigenvalue weighted by atomic mass is 10.1. The minimum absolute atomic E-state index is 0.133. The van der Waals surface area contributed by atoms with Crippen LogP contribution >= 0.6 is 0 Å². The van der Waals surface area contributed by atoms with Crippen molar-refractivity contribution < 1.29 is 27.5 Å². The lowest BCUT2D eigenvalue weighted by Crippen LogP contribution is -2.57. The van der Waals surface area contributed by atoms with Crippen LogP contribution < -0.4 is 20.5 Å². The summed E-state index contributed by atoms with van der Waals surface area (Å²) in [4.78, 5) is 46.7. The zero-order valence-corrected chi connectivity index (χ0v) is 24.2. The van der Waals surface area contributed by atoms with E-state index in [1.165, 1.54) is 4.90 Å². The third-order valence-corrected chi connectivity index (χ3v) is 10.6. The fourth-order valence-electron chi connectivity index (χ4n) is 6.09. The second kappa shape index (κ2) is 11.3. The number of aromatic nitrogens is 1. The number of pyridine rings is 1. The molecule has 2 aromatic rings. The maximum atomic E-state index is 13.9. The van der Waals surface area contributed by atoms with Crippen molar-refractivity contribution in [1.29, 1.82) is 0 Å². The van der Waals surface area contributed by atoms with E-state index in [4.69, 9.17) is 10.5 Å². The smallest absolute Gasteiger partial charge is 0.259 e. The van der Waals surface area contributed by atoms with Gasteiger partial charge in [-0.15, -0.1) is 0 Å². The molecule has 3 amide bonds. The van der Waals surface area contributed by atoms with Crippen LogP contribution in [0.5, 0.6) is 5.88 Å². The quantitative estimate of drug-likeness (QED) is 0.442. The number of carbonyl (C=O) groups excluding carboxylic acids is 3. The molecule has 0 spiro atoms. The third-order valence-electron chi connectivity index (χ3n) is 8.80. The molecule has 3 heterocycles. The van der Waals surface area contributed by atoms with Crippen molar-refractivity contribution in [3.63, 3.8) is 0 Å². The molecule has 224 valence electrons. The zero-order valence-electron chi connectivity index (χ0n) is 23.4. The van der Waals surface area contributed by atoms with Gasteiger partial charge in [-0.25, -0.2) is 13.4 Å². The van der Waals surface area contributed by atoms with Crippen molar-refractivity contribution >= 4 is 38.5 Å². The van der Waals surface area contributed by atoms with Crippen molar-refractivity contribution in [2.45, 2.75) is 86.8 Å². The van der Waals surface area contributed by atoms with Gasteiger partial charge in [0.05, 0.1) is 17.8 Å². The molecule has 4 N–H and O–H groups in total. The maximum Gasteiger partial charge on any atom is 0.259 e. The number of nitrogens with zero attached hydrogens (tertiary/aromatic N) is 2. The number of fused-ring (bicyclic) bond motifs is 3. The van der Waals surface area contributed by atoms with Crippen molar-refractivity contribution in [3.8, 4) is 5.88 Å². The minimum Gasteiger partial charge on any atom is -0.472 e. The predicted molar refractivity (Wildman–Crippen MR) is 156 cm³/mol. The summed E-state index contributed by atoms with van der Waals surface area (Å²) in [5, 5.41) is 4.06. The van der Waals surface area contributed by atoms with Crippen LogP contribution in [-0.2, 0) is 24.4 Å². The molecule has 0 radical (unpaired) electrons. The number of nitrogens with one attached hydrogen (secondary N) is 2. The van der Waals surface area contributed by atoms with Crippen molar-refractivity contribution in [2.75, 3.05) is 6.54 Å². The number of allylic oxidation sites excluding steroid dienone is 1. The Hall–Kier alpha value is -3.51. The van der Waals surface area contributed by atoms with E-state index in [2.05, 4.69) is 15.0 Å². The molecule has 1 aromatic carbocycles. The van der Waals surface area contributed by atoms with Crippen molar-refractivity contribution in [1.82, 2.24) is 19.9 Å². The van der Waals surface area contributed by atoms with Gasteiger partial charge in [-0.05, 0) is 56.0 Å². The highest BCUT2D eigenvalue weighted by molar-refractivity contribution is 7.91. The molecule has 2 saturated carbocycles. The van der Waals surface area contributed by atoms with Crippen LogP contribution in [0.15, 0.2) is 48.7 Å². The first-order chi connectivity index (χ1) is 20.2. The molecule has 3 fully saturated rings. The summed E-state index contributed by atoms with van der Waals surface area (Å²) in [7, 11) is -3.81. The molecule has 1 saturated heterocycles. The Labute approximate surface area is 245 Å². The molecule has 5 unspecified atom stereocenters. The van der Waals surface area contributed by atoms with Crippen LogP contribution in [-0.4, -0.2) is 71.5 Å². The number of rotatable bonds is 5. The number of hydrogen-bond donors (Lipinski definition) is 3. The summed E-state index contributed by atoms with van der Waals surface area (Å²) in [5.74, 6) is -1.55. The standard InChI is InChI=1S/C30H37N5O6S/c31-24-11-5-3-1-2-4-9-20-17-30(20,29(38)34-42(39,40)22-12-13-22)33-26(36)25-16-21(18-35(25)28(24)37)41-27-23-10-7-6-8-19(23)14-15-32-27/h4,6-10,14-15,20-22,24-25H,1-3,5,11-13,16-18,31H2,(H,33,36)(H,34,38)/b9-4-. The Balaban J connectivity index is 1.27. The first kappa shape index (κ1) is 28.6. The second-order valence-electron chi connectivity index (χ2n) is 11.9. The summed E-state index contributed by atoms with van der Waals surface area (Å²) < 4.78 is 33.7. The average Bonchev–Trinajstić information content (AvgIpc) is 3.89. The van der Waals surface area contributed by atoms with Gasteiger partial charge >= 0.3 is 0 Å². The lowest BCUT2D eigenvalue weighted by molar-refractivity contribution is -0.140. The van der Waals surface area contributed by atoms with E-state index in [0.29, 0.717) is 25.1 Å². The topological polar surface area (TPSA) is 161 Å². The van der Waals surface area contributed by atoms with Crippen LogP contribution in [0.2, 0.25) is 0 Å². The van der Waals surface area contributed by atoms with Crippen molar-refractivity contribution in [2.24, 2.45) is 11.7 Å². The number of ether oxygens (including phenoxy) is 1. The highest BCUT2D eigenvalue weighted by Gasteiger charge is 2.62. The largest absolute Gasteiger partial charge is 0.472 e. The summed E-state index contributed by atoms with van der Waals surface area (Å²) in [6.45, 7) is 0.133. The van der Waals surface area contributed by atoms with Crippen LogP contribution in [0.25, 0.3) is 10.8 Å². The monoisotopic (exact) mass is 595 g/mol. The van der Waals surface area contributed by atoms with Gasteiger partial charge in [-0.3, -0.25) is 19.1 Å². The summed E-state index contributed by atoms with van der Waals surface area (Å²) in [6, 6.07) is 7.83. The summed E-state index contributed by atoms with van der Waals surface area (Å²) in [5.41, 5.74) is 4.93. The minimum atomic E-state index is -3.81. The van der Waals surface area contributed by atoms with Gasteiger partial charge < -0.3 is 20.7 Å². The number of amides is 3. The number of carbonyl (C=O) groups is 3. The normalized spacial score (nSPS) is 31.2. The highest BCUT2D eigenvalue weighted by Crippen LogP contribution is 2.46. The number of sulfonamides is 1. The fraction of sp³-hybridized carbons (Fsp3) is 0.533. The van der Waals surface area contributed by atoms with Crippen LogP contribution in [0.3, 0.4) is 0 Å². The molecule has 2 aliphatic heterocycles. The molecule has 6 rings (SSSR count). The first-order valence-corrected chi connectivity index (χ1v) is 16.3. The highest BCUT2D eigenvalue weighted by atomic mass is 32.2. The van der Waals surface area contributed by atoms with E-state index in [0.717, 1.165) is 36.5 Å². The van der Waals surface area contributed by atoms with Crippen LogP contribution in [0.4, 0.5) is 0 Å². The maximum absolute atomic E-state index is 13.9. The van der Waals surface area contributed by atoms with Crippen molar-refractivity contribution in [3.05, 3.63) is 48.7 Å². The molecule has 12 heteroatoms. The molecule has 1 aromatic heterocycles. The Kier molecular flexibility index (Phi) is 7.69. The number of benzene rings is 1. The summed E-state index contributed by atoms with van der Waals surface area (Å²) in [6.07, 6.45) is 10.3. The molecule has 2 aliphatic carbocycles. The molecular weight excluding hydrogens is 558 g/mol. The van der Waals surface area contributed by atoms with E-state index in [1.807, 2.05) is 42.5 Å². The van der Waals surface area contributed by atoms with Crippen LogP contribution in [0.1, 0.15) is 57.8 Å². The third kappa shape index (κ3) is 5.74. The van der Waals surface area contributed by atoms with E-state index in [1.54, 1.807) is 6.20 Å². The SMILES string of the molecule is NC1CCCCC/C=C\C2CC2(C(=O)NS(=O)(=O)C2CC2)NC(=O)C2CC(Oc3nccc4ccccc34)CN2C1=O. The average molecular weight is 596 g/mol. The molecule has 11 nitrogen and oxygen atoms in total. The van der Waals surface area contributed by atoms with Gasteiger partial charge in [0.1, 0.15) is 17.7 Å². The summed E-state index contributed by atoms with van der Waals surface area (Å²) >= 11 is 0. The lowest BCUT2D eigenvalue weighted by Gasteiger charge is -2.28. The molecule has 0 bridgehead atoms. The Morgan fingerprint density at radius 1 is 1.12 bits per heavy atom. The van der Waals surface area contributed by atoms with E-state index in [9.17, 15) is 22.8 Å². The zero-order chi connectivity index (χ0) is 29.5. The van der Waals surface area contributed by atoms with Gasteiger partial charge in [0.2, 0.25) is 27.7 Å². The van der Waals surface area contributed by atoms with E-state index >= 15 is 0 Å². The van der Waals surface area contributed by atoms with E-state index in [-0.39, 0.29) is 31.2 Å². The molecule has 4 aliphatic rings. The second-order valence-corrected chi connectivity index (χ2v) is 13.9. The number of nitrogens with two attached hydrogens (primary N) is 1. The van der Waals surface area contributed by atoms with Crippen LogP contribution in [0, 0.1) is 5.92 Å². The van der Waals surface area contributed by atoms with E-state index < -0.39 is 50.8 Å². The van der Waals surface area contributed by atoms with Gasteiger partial charge in [0.15, 0.2) is 0 Å². The Morgan fingerprint density at radius 2 is 1.93 bits per heavy atom. The number of hydrogen-bond acceptors (Lipinski definition) is 8. The van der Waals surface area contributed by atoms with Gasteiger partial charge in [-0.1, -0.05) is 43.2 Å². The van der Waals surface area contributed by atoms with Gasteiger partial charge in [0.25, 0.3) is 5.91 Å². The first-order valence-electron chi connectivity index (χ1n) is 14.8. The molecule has 5 atom stereocenters. The fourth-order valence-corrected chi connectivity index (χ4v) is 7.45. The molecular formula is C30H37N5O6S. The van der Waals surface area contributed by atoms with Gasteiger partial charge in [0, 0.05) is 23.9 Å². The Morgan fingerprint density at radius 3 is 2.74 bits per heavy atom. The Bertz CT molecular complexity index is 1520. The predicted octanol–water partition coefficient (Wildman–Crippen LogP) is 1.91.